The second-order valence-corrected chi connectivity index (χ2v) is 13.3. The molecule has 0 saturated heterocycles. The van der Waals surface area contributed by atoms with Crippen molar-refractivity contribution in [2.45, 2.75) is 52.2 Å². The lowest BCUT2D eigenvalue weighted by Gasteiger charge is -2.18. The third kappa shape index (κ3) is 10.6. The van der Waals surface area contributed by atoms with E-state index in [0.717, 1.165) is 38.9 Å². The average molecular weight is 751 g/mol. The number of aliphatic hydroxyl groups is 2. The van der Waals surface area contributed by atoms with E-state index in [9.17, 15) is 20.3 Å². The number of pyridine rings is 1. The number of nitrogens with zero attached hydrogens (tertiary/aromatic N) is 2. The van der Waals surface area contributed by atoms with Crippen molar-refractivity contribution < 1.29 is 34.3 Å². The number of carbonyl (C=O) groups is 1. The van der Waals surface area contributed by atoms with Crippen LogP contribution in [0.25, 0.3) is 22.3 Å². The predicted octanol–water partition coefficient (Wildman–Crippen LogP) is 6.34. The zero-order chi connectivity index (χ0) is 38.6. The smallest absolute Gasteiger partial charge is 0.306 e. The number of nitrogens with two attached hydrogens (primary N) is 1. The molecule has 0 radical (unpaired) electrons. The van der Waals surface area contributed by atoms with Gasteiger partial charge in [-0.3, -0.25) is 9.78 Å². The number of aromatic nitrogens is 1. The standard InChI is InChI=1S/C42H43ClN4O7/c1-26-31(5-3-7-37(26)38-8-4-6-36(27(38)2)30-9-11-35(12-10-30)52-25-33(45)22-48)24-54-41-16-40(53-23-29-13-28(17-44)18-46-19-29)32(14-39(41)43)20-47-21-34(49)15-42(50)51/h3-14,16,18-19,33-34,47-49H,15,20-25,45H2,1-2H3,(H,50,51). The fraction of sp³-hybridized carbons (Fsp3) is 0.262. The molecule has 0 saturated carbocycles. The Labute approximate surface area is 319 Å². The first kappa shape index (κ1) is 39.7. The summed E-state index contributed by atoms with van der Waals surface area (Å²) in [6, 6.07) is 26.9. The highest BCUT2D eigenvalue weighted by Gasteiger charge is 2.16. The van der Waals surface area contributed by atoms with Gasteiger partial charge in [0.2, 0.25) is 0 Å². The summed E-state index contributed by atoms with van der Waals surface area (Å²) < 4.78 is 18.2. The number of nitriles is 1. The van der Waals surface area contributed by atoms with Crippen molar-refractivity contribution in [2.24, 2.45) is 5.73 Å². The number of ether oxygens (including phenoxy) is 3. The third-order valence-electron chi connectivity index (χ3n) is 8.86. The van der Waals surface area contributed by atoms with E-state index >= 15 is 0 Å². The zero-order valence-electron chi connectivity index (χ0n) is 30.1. The number of hydrogen-bond donors (Lipinski definition) is 5. The lowest BCUT2D eigenvalue weighted by Crippen LogP contribution is -2.31. The van der Waals surface area contributed by atoms with Gasteiger partial charge in [0, 0.05) is 42.7 Å². The van der Waals surface area contributed by atoms with Crippen molar-refractivity contribution in [1.29, 1.82) is 5.26 Å². The summed E-state index contributed by atoms with van der Waals surface area (Å²) in [6.45, 7) is 4.90. The fourth-order valence-corrected chi connectivity index (χ4v) is 6.15. The first-order valence-electron chi connectivity index (χ1n) is 17.4. The van der Waals surface area contributed by atoms with Gasteiger partial charge in [-0.25, -0.2) is 0 Å². The first-order valence-corrected chi connectivity index (χ1v) is 17.7. The van der Waals surface area contributed by atoms with Gasteiger partial charge in [0.15, 0.2) is 0 Å². The molecule has 280 valence electrons. The number of aliphatic hydroxyl groups excluding tert-OH is 2. The number of rotatable bonds is 18. The topological polar surface area (TPSA) is 180 Å². The van der Waals surface area contributed by atoms with Gasteiger partial charge >= 0.3 is 5.97 Å². The highest BCUT2D eigenvalue weighted by Crippen LogP contribution is 2.37. The molecule has 0 bridgehead atoms. The predicted molar refractivity (Wildman–Crippen MR) is 206 cm³/mol. The quantitative estimate of drug-likeness (QED) is 0.0675. The zero-order valence-corrected chi connectivity index (χ0v) is 30.8. The van der Waals surface area contributed by atoms with Gasteiger partial charge < -0.3 is 40.6 Å². The van der Waals surface area contributed by atoms with Crippen LogP contribution in [0.1, 0.15) is 39.8 Å². The molecule has 0 aliphatic rings. The SMILES string of the molecule is Cc1c(COc2cc(OCc3cncc(C#N)c3)c(CNCC(O)CC(=O)O)cc2Cl)cccc1-c1cccc(-c2ccc(OCC(N)CO)cc2)c1C. The van der Waals surface area contributed by atoms with Crippen molar-refractivity contribution in [3.8, 4) is 45.6 Å². The minimum absolute atomic E-state index is 0.0523. The van der Waals surface area contributed by atoms with Gasteiger partial charge in [-0.05, 0) is 77.1 Å². The van der Waals surface area contributed by atoms with E-state index in [2.05, 4.69) is 48.4 Å². The van der Waals surface area contributed by atoms with Crippen LogP contribution in [0.2, 0.25) is 5.02 Å². The number of aliphatic carboxylic acids is 1. The molecule has 6 N–H and O–H groups in total. The van der Waals surface area contributed by atoms with Crippen LogP contribution < -0.4 is 25.3 Å². The molecule has 0 fully saturated rings. The maximum atomic E-state index is 11.0. The highest BCUT2D eigenvalue weighted by atomic mass is 35.5. The number of benzene rings is 4. The minimum Gasteiger partial charge on any atom is -0.492 e. The van der Waals surface area contributed by atoms with E-state index in [-0.39, 0.29) is 45.9 Å². The van der Waals surface area contributed by atoms with Crippen LogP contribution in [-0.2, 0) is 24.6 Å². The molecule has 2 atom stereocenters. The fourth-order valence-electron chi connectivity index (χ4n) is 5.91. The van der Waals surface area contributed by atoms with E-state index in [1.165, 1.54) is 6.20 Å². The Morgan fingerprint density at radius 1 is 0.907 bits per heavy atom. The van der Waals surface area contributed by atoms with Crippen molar-refractivity contribution >= 4 is 17.6 Å². The molecule has 2 unspecified atom stereocenters. The summed E-state index contributed by atoms with van der Waals surface area (Å²) in [6.07, 6.45) is 1.64. The van der Waals surface area contributed by atoms with Crippen molar-refractivity contribution in [3.63, 3.8) is 0 Å². The first-order chi connectivity index (χ1) is 26.1. The Morgan fingerprint density at radius 2 is 1.61 bits per heavy atom. The molecule has 0 aliphatic heterocycles. The maximum Gasteiger partial charge on any atom is 0.306 e. The summed E-state index contributed by atoms with van der Waals surface area (Å²) in [7, 11) is 0. The van der Waals surface area contributed by atoms with Crippen LogP contribution in [-0.4, -0.2) is 58.2 Å². The van der Waals surface area contributed by atoms with Gasteiger partial charge in [-0.2, -0.15) is 5.26 Å². The average Bonchev–Trinajstić information content (AvgIpc) is 3.17. The number of carboxylic acids is 1. The number of halogens is 1. The lowest BCUT2D eigenvalue weighted by atomic mass is 9.89. The molecule has 4 aromatic carbocycles. The van der Waals surface area contributed by atoms with Gasteiger partial charge in [-0.15, -0.1) is 0 Å². The molecular weight excluding hydrogens is 708 g/mol. The van der Waals surface area contributed by atoms with E-state index < -0.39 is 18.1 Å². The van der Waals surface area contributed by atoms with Crippen LogP contribution in [0.5, 0.6) is 17.2 Å². The second-order valence-electron chi connectivity index (χ2n) is 12.9. The number of carboxylic acid groups (broad SMARTS) is 1. The summed E-state index contributed by atoms with van der Waals surface area (Å²) in [4.78, 5) is 15.1. The number of hydrogen-bond acceptors (Lipinski definition) is 10. The summed E-state index contributed by atoms with van der Waals surface area (Å²) in [5, 5.41) is 40.9. The maximum absolute atomic E-state index is 11.0. The molecule has 12 heteroatoms. The third-order valence-corrected chi connectivity index (χ3v) is 9.15. The molecule has 0 amide bonds. The largest absolute Gasteiger partial charge is 0.492 e. The van der Waals surface area contributed by atoms with Crippen LogP contribution in [0.3, 0.4) is 0 Å². The van der Waals surface area contributed by atoms with Crippen molar-refractivity contribution in [2.75, 3.05) is 19.8 Å². The monoisotopic (exact) mass is 750 g/mol. The Hall–Kier alpha value is -5.48. The molecule has 5 rings (SSSR count). The second kappa shape index (κ2) is 19.0. The molecule has 1 heterocycles. The van der Waals surface area contributed by atoms with Crippen LogP contribution in [0, 0.1) is 25.2 Å². The molecule has 11 nitrogen and oxygen atoms in total. The van der Waals surface area contributed by atoms with E-state index in [0.29, 0.717) is 39.0 Å². The van der Waals surface area contributed by atoms with Gasteiger partial charge in [0.05, 0.1) is 35.8 Å². The minimum atomic E-state index is -1.09. The van der Waals surface area contributed by atoms with E-state index in [4.69, 9.17) is 36.7 Å². The normalized spacial score (nSPS) is 12.1. The van der Waals surface area contributed by atoms with Gasteiger partial charge in [0.25, 0.3) is 0 Å². The van der Waals surface area contributed by atoms with Crippen LogP contribution in [0.4, 0.5) is 0 Å². The molecule has 0 aliphatic carbocycles. The summed E-state index contributed by atoms with van der Waals surface area (Å²) in [5.41, 5.74) is 15.0. The van der Waals surface area contributed by atoms with Crippen LogP contribution >= 0.6 is 11.6 Å². The Balaban J connectivity index is 1.35. The van der Waals surface area contributed by atoms with Gasteiger partial charge in [0.1, 0.15) is 43.1 Å². The molecule has 1 aromatic heterocycles. The van der Waals surface area contributed by atoms with E-state index in [1.807, 2.05) is 42.5 Å². The molecular formula is C42H43ClN4O7. The Bertz CT molecular complexity index is 2100. The summed E-state index contributed by atoms with van der Waals surface area (Å²) >= 11 is 6.74. The molecule has 54 heavy (non-hydrogen) atoms. The lowest BCUT2D eigenvalue weighted by molar-refractivity contribution is -0.139. The van der Waals surface area contributed by atoms with Gasteiger partial charge in [-0.1, -0.05) is 60.1 Å². The van der Waals surface area contributed by atoms with Crippen LogP contribution in [0.15, 0.2) is 91.3 Å². The highest BCUT2D eigenvalue weighted by molar-refractivity contribution is 6.32. The van der Waals surface area contributed by atoms with Crippen molar-refractivity contribution in [1.82, 2.24) is 10.3 Å². The van der Waals surface area contributed by atoms with E-state index in [1.54, 1.807) is 24.4 Å². The summed E-state index contributed by atoms with van der Waals surface area (Å²) in [5.74, 6) is 0.452. The Morgan fingerprint density at radius 3 is 2.33 bits per heavy atom. The molecule has 5 aromatic rings. The molecule has 0 spiro atoms. The number of nitrogens with one attached hydrogen (secondary N) is 1. The van der Waals surface area contributed by atoms with Crippen molar-refractivity contribution in [3.05, 3.63) is 130 Å². The Kier molecular flexibility index (Phi) is 14.0.